The molecule has 2 aliphatic heterocycles. The zero-order chi connectivity index (χ0) is 22.9. The maximum Gasteiger partial charge on any atom is 0.251 e. The van der Waals surface area contributed by atoms with E-state index in [1.54, 1.807) is 11.3 Å². The van der Waals surface area contributed by atoms with Crippen LogP contribution in [0.5, 0.6) is 0 Å². The average molecular weight is 477 g/mol. The van der Waals surface area contributed by atoms with Gasteiger partial charge in [0, 0.05) is 53.2 Å². The number of alkyl halides is 3. The largest absolute Gasteiger partial charge is 0.357 e. The van der Waals surface area contributed by atoms with Crippen molar-refractivity contribution in [2.45, 2.75) is 51.1 Å². The second kappa shape index (κ2) is 9.76. The lowest BCUT2D eigenvalue weighted by atomic mass is 9.92. The summed E-state index contributed by atoms with van der Waals surface area (Å²) < 4.78 is 39.6. The van der Waals surface area contributed by atoms with E-state index in [-0.39, 0.29) is 25.3 Å². The predicted molar refractivity (Wildman–Crippen MR) is 127 cm³/mol. The molecule has 0 spiro atoms. The van der Waals surface area contributed by atoms with Crippen molar-refractivity contribution in [3.63, 3.8) is 0 Å². The van der Waals surface area contributed by atoms with Crippen molar-refractivity contribution in [3.05, 3.63) is 51.6 Å². The first kappa shape index (κ1) is 22.9. The van der Waals surface area contributed by atoms with Crippen molar-refractivity contribution < 1.29 is 13.2 Å². The molecule has 1 saturated heterocycles. The van der Waals surface area contributed by atoms with Gasteiger partial charge in [0.05, 0.1) is 24.3 Å². The number of aromatic amines is 1. The second-order valence-corrected chi connectivity index (χ2v) is 10.6. The summed E-state index contributed by atoms with van der Waals surface area (Å²) >= 11 is 1.66. The van der Waals surface area contributed by atoms with E-state index < -0.39 is 6.43 Å². The number of fused-ring (bicyclic) bond motifs is 3. The number of rotatable bonds is 8. The van der Waals surface area contributed by atoms with Crippen LogP contribution in [0, 0.1) is 5.92 Å². The van der Waals surface area contributed by atoms with E-state index in [4.69, 9.17) is 4.98 Å². The van der Waals surface area contributed by atoms with E-state index >= 15 is 0 Å². The molecular weight excluding hydrogens is 445 g/mol. The van der Waals surface area contributed by atoms with Gasteiger partial charge in [-0.1, -0.05) is 18.2 Å². The number of aromatic nitrogens is 2. The molecule has 178 valence electrons. The number of hydrogen-bond donors (Lipinski definition) is 1. The Morgan fingerprint density at radius 2 is 2.12 bits per heavy atom. The highest BCUT2D eigenvalue weighted by atomic mass is 32.1. The molecule has 2 aliphatic rings. The number of benzene rings is 1. The molecule has 2 aromatic heterocycles. The molecule has 4 heterocycles. The molecule has 0 saturated carbocycles. The molecule has 3 atom stereocenters. The minimum Gasteiger partial charge on any atom is -0.357 e. The molecule has 1 N–H and O–H groups in total. The van der Waals surface area contributed by atoms with Crippen LogP contribution in [0.3, 0.4) is 0 Å². The molecule has 0 bridgehead atoms. The van der Waals surface area contributed by atoms with E-state index in [9.17, 15) is 13.2 Å². The minimum absolute atomic E-state index is 0.0140. The Kier molecular flexibility index (Phi) is 6.77. The zero-order valence-electron chi connectivity index (χ0n) is 18.9. The molecule has 5 rings (SSSR count). The quantitative estimate of drug-likeness (QED) is 0.470. The zero-order valence-corrected chi connectivity index (χ0v) is 19.8. The Labute approximate surface area is 196 Å². The first-order chi connectivity index (χ1) is 16.0. The normalized spacial score (nSPS) is 24.2. The van der Waals surface area contributed by atoms with Crippen LogP contribution in [0.1, 0.15) is 46.9 Å². The topological polar surface area (TPSA) is 35.2 Å². The number of nitrogens with one attached hydrogen (secondary N) is 1. The lowest BCUT2D eigenvalue weighted by Crippen LogP contribution is -2.44. The van der Waals surface area contributed by atoms with E-state index in [0.717, 1.165) is 60.0 Å². The Morgan fingerprint density at radius 3 is 2.94 bits per heavy atom. The standard InChI is InChI=1S/C25H31F3N4S/c1-16-11-19-18-5-2-3-6-20(18)30-24(19)25(32(16)15-22(27)28)21-13-29-23(33-21)12-17-7-10-31(14-17)9-4-8-26/h2-3,5-6,13,16-17,22,25,30H,4,7-12,14-15H2,1H3/t16-,17-,25-/m1/s1. The van der Waals surface area contributed by atoms with Gasteiger partial charge in [0.15, 0.2) is 0 Å². The van der Waals surface area contributed by atoms with Gasteiger partial charge in [0.2, 0.25) is 0 Å². The predicted octanol–water partition coefficient (Wildman–Crippen LogP) is 5.45. The minimum atomic E-state index is -2.39. The molecule has 0 aliphatic carbocycles. The highest BCUT2D eigenvalue weighted by Crippen LogP contribution is 2.42. The maximum absolute atomic E-state index is 13.6. The number of H-pyrrole nitrogens is 1. The van der Waals surface area contributed by atoms with Gasteiger partial charge in [0.1, 0.15) is 0 Å². The fourth-order valence-electron chi connectivity index (χ4n) is 5.62. The van der Waals surface area contributed by atoms with Crippen molar-refractivity contribution >= 4 is 22.2 Å². The summed E-state index contributed by atoms with van der Waals surface area (Å²) in [6, 6.07) is 7.98. The molecule has 33 heavy (non-hydrogen) atoms. The Hall–Kier alpha value is -1.90. The fraction of sp³-hybridized carbons (Fsp3) is 0.560. The van der Waals surface area contributed by atoms with Gasteiger partial charge in [-0.25, -0.2) is 13.8 Å². The Bertz CT molecular complexity index is 1080. The molecular formula is C25H31F3N4S. The lowest BCUT2D eigenvalue weighted by molar-refractivity contribution is 0.0464. The van der Waals surface area contributed by atoms with Crippen LogP contribution in [0.15, 0.2) is 30.5 Å². The summed E-state index contributed by atoms with van der Waals surface area (Å²) in [6.45, 7) is 4.36. The number of para-hydroxylation sites is 1. The van der Waals surface area contributed by atoms with Gasteiger partial charge in [-0.2, -0.15) is 0 Å². The third kappa shape index (κ3) is 4.70. The molecule has 1 fully saturated rings. The van der Waals surface area contributed by atoms with Crippen molar-refractivity contribution in [1.82, 2.24) is 19.8 Å². The highest BCUT2D eigenvalue weighted by molar-refractivity contribution is 7.11. The first-order valence-corrected chi connectivity index (χ1v) is 12.7. The number of halogens is 3. The van der Waals surface area contributed by atoms with Crippen LogP contribution >= 0.6 is 11.3 Å². The molecule has 0 unspecified atom stereocenters. The van der Waals surface area contributed by atoms with Gasteiger partial charge in [-0.05, 0) is 50.3 Å². The van der Waals surface area contributed by atoms with E-state index in [0.29, 0.717) is 12.3 Å². The lowest BCUT2D eigenvalue weighted by Gasteiger charge is -2.39. The van der Waals surface area contributed by atoms with Crippen LogP contribution < -0.4 is 0 Å². The second-order valence-electron chi connectivity index (χ2n) is 9.46. The van der Waals surface area contributed by atoms with Crippen LogP contribution in [-0.2, 0) is 12.8 Å². The smallest absolute Gasteiger partial charge is 0.251 e. The number of nitrogens with zero attached hydrogens (tertiary/aromatic N) is 3. The van der Waals surface area contributed by atoms with Crippen LogP contribution in [0.4, 0.5) is 13.2 Å². The molecule has 0 radical (unpaired) electrons. The van der Waals surface area contributed by atoms with Crippen LogP contribution in [0.25, 0.3) is 10.9 Å². The molecule has 8 heteroatoms. The summed E-state index contributed by atoms with van der Waals surface area (Å²) in [6.07, 6.45) is 2.86. The van der Waals surface area contributed by atoms with Crippen LogP contribution in [-0.4, -0.2) is 65.1 Å². The van der Waals surface area contributed by atoms with E-state index in [2.05, 4.69) is 22.0 Å². The summed E-state index contributed by atoms with van der Waals surface area (Å²) in [5.74, 6) is 0.523. The van der Waals surface area contributed by atoms with E-state index in [1.165, 1.54) is 10.9 Å². The van der Waals surface area contributed by atoms with Gasteiger partial charge in [-0.3, -0.25) is 9.29 Å². The third-order valence-corrected chi connectivity index (χ3v) is 8.22. The Morgan fingerprint density at radius 1 is 1.27 bits per heavy atom. The number of likely N-dealkylation sites (tertiary alicyclic amines) is 1. The van der Waals surface area contributed by atoms with Crippen molar-refractivity contribution in [2.24, 2.45) is 5.92 Å². The van der Waals surface area contributed by atoms with Gasteiger partial charge >= 0.3 is 0 Å². The summed E-state index contributed by atoms with van der Waals surface area (Å²) in [5, 5.41) is 2.25. The number of hydrogen-bond acceptors (Lipinski definition) is 4. The number of thiazole rings is 1. The van der Waals surface area contributed by atoms with Crippen molar-refractivity contribution in [1.29, 1.82) is 0 Å². The van der Waals surface area contributed by atoms with Crippen LogP contribution in [0.2, 0.25) is 0 Å². The van der Waals surface area contributed by atoms with E-state index in [1.807, 2.05) is 30.2 Å². The fourth-order valence-corrected chi connectivity index (χ4v) is 6.78. The Balaban J connectivity index is 1.41. The summed E-state index contributed by atoms with van der Waals surface area (Å²) in [5.41, 5.74) is 3.33. The van der Waals surface area contributed by atoms with Crippen molar-refractivity contribution in [3.8, 4) is 0 Å². The monoisotopic (exact) mass is 476 g/mol. The molecule has 3 aromatic rings. The first-order valence-electron chi connectivity index (χ1n) is 11.9. The molecule has 0 amide bonds. The SMILES string of the molecule is C[C@@H]1Cc2c([nH]c3ccccc23)[C@@H](c2cnc(C[C@H]3CCN(CCCF)C3)s2)N1CC(F)F. The summed E-state index contributed by atoms with van der Waals surface area (Å²) in [4.78, 5) is 13.6. The average Bonchev–Trinajstić information content (AvgIpc) is 3.52. The molecule has 4 nitrogen and oxygen atoms in total. The van der Waals surface area contributed by atoms with Gasteiger partial charge < -0.3 is 9.88 Å². The third-order valence-electron chi connectivity index (χ3n) is 7.15. The highest BCUT2D eigenvalue weighted by Gasteiger charge is 2.38. The van der Waals surface area contributed by atoms with Gasteiger partial charge in [0.25, 0.3) is 6.43 Å². The van der Waals surface area contributed by atoms with Gasteiger partial charge in [-0.15, -0.1) is 11.3 Å². The molecule has 1 aromatic carbocycles. The van der Waals surface area contributed by atoms with Crippen molar-refractivity contribution in [2.75, 3.05) is 32.9 Å². The maximum atomic E-state index is 13.6. The summed E-state index contributed by atoms with van der Waals surface area (Å²) in [7, 11) is 0.